The van der Waals surface area contributed by atoms with Crippen LogP contribution in [0.25, 0.3) is 10.2 Å². The molecule has 0 radical (unpaired) electrons. The normalized spacial score (nSPS) is 18.6. The van der Waals surface area contributed by atoms with Crippen LogP contribution in [0.15, 0.2) is 28.0 Å². The average Bonchev–Trinajstić information content (AvgIpc) is 3.22. The van der Waals surface area contributed by atoms with E-state index >= 15 is 0 Å². The van der Waals surface area contributed by atoms with Gasteiger partial charge in [0.05, 0.1) is 22.9 Å². The van der Waals surface area contributed by atoms with E-state index in [9.17, 15) is 0 Å². The molecule has 1 aliphatic heterocycles. The molecule has 0 bridgehead atoms. The second-order valence-electron chi connectivity index (χ2n) is 4.69. The summed E-state index contributed by atoms with van der Waals surface area (Å²) in [5, 5.41) is 15.6. The van der Waals surface area contributed by atoms with Gasteiger partial charge in [0.15, 0.2) is 0 Å². The van der Waals surface area contributed by atoms with Crippen molar-refractivity contribution >= 4 is 33.3 Å². The van der Waals surface area contributed by atoms with Crippen molar-refractivity contribution < 1.29 is 4.74 Å². The van der Waals surface area contributed by atoms with Crippen molar-refractivity contribution in [3.05, 3.63) is 17.8 Å². The van der Waals surface area contributed by atoms with E-state index in [0.29, 0.717) is 6.54 Å². The topological polar surface area (TPSA) is 78.6 Å². The first-order valence-electron chi connectivity index (χ1n) is 6.64. The summed E-state index contributed by atoms with van der Waals surface area (Å²) >= 11 is 3.10. The maximum absolute atomic E-state index is 5.64. The van der Waals surface area contributed by atoms with Gasteiger partial charge in [-0.25, -0.2) is 14.6 Å². The molecule has 7 nitrogen and oxygen atoms in total. The Morgan fingerprint density at radius 3 is 3.33 bits per heavy atom. The standard InChI is InChI=1S/C12H12N6OS2/c1-2-8(19-4-1)6-18-12(15-16-17-18)21-11-10-9(3-5-20-10)13-7-14-11/h3,5,7-8H,1-2,4,6H2/t8-/m0/s1. The molecule has 1 fully saturated rings. The van der Waals surface area contributed by atoms with Crippen molar-refractivity contribution in [3.63, 3.8) is 0 Å². The van der Waals surface area contributed by atoms with E-state index < -0.39 is 0 Å². The Labute approximate surface area is 128 Å². The first-order chi connectivity index (χ1) is 10.4. The Morgan fingerprint density at radius 2 is 2.43 bits per heavy atom. The monoisotopic (exact) mass is 320 g/mol. The number of fused-ring (bicyclic) bond motifs is 1. The molecule has 9 heteroatoms. The number of hydrogen-bond donors (Lipinski definition) is 0. The second kappa shape index (κ2) is 5.66. The van der Waals surface area contributed by atoms with E-state index in [0.717, 1.165) is 39.8 Å². The van der Waals surface area contributed by atoms with Crippen molar-refractivity contribution in [2.45, 2.75) is 35.7 Å². The molecule has 108 valence electrons. The van der Waals surface area contributed by atoms with Gasteiger partial charge in [-0.1, -0.05) is 0 Å². The summed E-state index contributed by atoms with van der Waals surface area (Å²) in [6.07, 6.45) is 3.95. The SMILES string of the molecule is c1nc(Sc2nnnn2C[C@@H]2CCCO2)c2sccc2n1. The molecular formula is C12H12N6OS2. The molecule has 3 aromatic heterocycles. The summed E-state index contributed by atoms with van der Waals surface area (Å²) in [6, 6.07) is 1.99. The molecule has 1 atom stereocenters. The highest BCUT2D eigenvalue weighted by Crippen LogP contribution is 2.32. The van der Waals surface area contributed by atoms with Gasteiger partial charge in [0.2, 0.25) is 5.16 Å². The lowest BCUT2D eigenvalue weighted by Gasteiger charge is -2.09. The largest absolute Gasteiger partial charge is 0.376 e. The Morgan fingerprint density at radius 1 is 1.43 bits per heavy atom. The summed E-state index contributed by atoms with van der Waals surface area (Å²) < 4.78 is 8.50. The zero-order valence-corrected chi connectivity index (χ0v) is 12.7. The third kappa shape index (κ3) is 2.63. The van der Waals surface area contributed by atoms with Crippen molar-refractivity contribution in [2.75, 3.05) is 6.61 Å². The number of nitrogens with zero attached hydrogens (tertiary/aromatic N) is 6. The highest BCUT2D eigenvalue weighted by atomic mass is 32.2. The number of tetrazole rings is 1. The minimum Gasteiger partial charge on any atom is -0.376 e. The summed E-state index contributed by atoms with van der Waals surface area (Å²) in [5.74, 6) is 0. The van der Waals surface area contributed by atoms with Gasteiger partial charge < -0.3 is 4.74 Å². The van der Waals surface area contributed by atoms with Crippen molar-refractivity contribution in [3.8, 4) is 0 Å². The van der Waals surface area contributed by atoms with Crippen molar-refractivity contribution in [1.29, 1.82) is 0 Å². The molecular weight excluding hydrogens is 308 g/mol. The number of ether oxygens (including phenoxy) is 1. The van der Waals surface area contributed by atoms with Crippen LogP contribution in [0.5, 0.6) is 0 Å². The fourth-order valence-electron chi connectivity index (χ4n) is 2.29. The van der Waals surface area contributed by atoms with Crippen LogP contribution >= 0.6 is 23.1 Å². The van der Waals surface area contributed by atoms with E-state index in [1.54, 1.807) is 22.3 Å². The van der Waals surface area contributed by atoms with Gasteiger partial charge in [0.1, 0.15) is 11.4 Å². The molecule has 0 unspecified atom stereocenters. The van der Waals surface area contributed by atoms with Gasteiger partial charge in [-0.15, -0.1) is 16.4 Å². The van der Waals surface area contributed by atoms with Crippen LogP contribution in [-0.4, -0.2) is 42.9 Å². The Hall–Kier alpha value is -1.58. The van der Waals surface area contributed by atoms with Crippen LogP contribution in [-0.2, 0) is 11.3 Å². The minimum atomic E-state index is 0.208. The lowest BCUT2D eigenvalue weighted by Crippen LogP contribution is -2.16. The van der Waals surface area contributed by atoms with Gasteiger partial charge in [-0.2, -0.15) is 0 Å². The second-order valence-corrected chi connectivity index (χ2v) is 6.57. The number of hydrogen-bond acceptors (Lipinski definition) is 8. The number of thiophene rings is 1. The molecule has 3 aromatic rings. The third-order valence-electron chi connectivity index (χ3n) is 3.30. The van der Waals surface area contributed by atoms with E-state index in [4.69, 9.17) is 4.74 Å². The summed E-state index contributed by atoms with van der Waals surface area (Å²) in [4.78, 5) is 8.59. The molecule has 0 spiro atoms. The van der Waals surface area contributed by atoms with E-state index in [-0.39, 0.29) is 6.10 Å². The maximum atomic E-state index is 5.64. The molecule has 1 aliphatic rings. The summed E-state index contributed by atoms with van der Waals surface area (Å²) in [5.41, 5.74) is 0.954. The molecule has 0 aromatic carbocycles. The molecule has 21 heavy (non-hydrogen) atoms. The molecule has 1 saturated heterocycles. The maximum Gasteiger partial charge on any atom is 0.215 e. The quantitative estimate of drug-likeness (QED) is 0.680. The van der Waals surface area contributed by atoms with Crippen LogP contribution in [0.1, 0.15) is 12.8 Å². The van der Waals surface area contributed by atoms with E-state index in [2.05, 4.69) is 25.5 Å². The van der Waals surface area contributed by atoms with Gasteiger partial charge >= 0.3 is 0 Å². The van der Waals surface area contributed by atoms with Crippen LogP contribution < -0.4 is 0 Å². The Bertz CT molecular complexity index is 751. The fourth-order valence-corrected chi connectivity index (χ4v) is 4.05. The van der Waals surface area contributed by atoms with Gasteiger partial charge in [-0.3, -0.25) is 0 Å². The van der Waals surface area contributed by atoms with Gasteiger partial charge in [-0.05, 0) is 46.5 Å². The molecule has 0 aliphatic carbocycles. The zero-order valence-electron chi connectivity index (χ0n) is 11.0. The zero-order chi connectivity index (χ0) is 14.1. The summed E-state index contributed by atoms with van der Waals surface area (Å²) in [7, 11) is 0. The molecule has 0 amide bonds. The fraction of sp³-hybridized carbons (Fsp3) is 0.417. The average molecular weight is 320 g/mol. The van der Waals surface area contributed by atoms with E-state index in [1.165, 1.54) is 11.8 Å². The highest BCUT2D eigenvalue weighted by molar-refractivity contribution is 7.99. The van der Waals surface area contributed by atoms with Gasteiger partial charge in [0, 0.05) is 6.61 Å². The first-order valence-corrected chi connectivity index (χ1v) is 8.33. The van der Waals surface area contributed by atoms with Crippen LogP contribution in [0, 0.1) is 0 Å². The molecule has 4 heterocycles. The van der Waals surface area contributed by atoms with Crippen LogP contribution in [0.3, 0.4) is 0 Å². The number of aromatic nitrogens is 6. The Balaban J connectivity index is 1.59. The van der Waals surface area contributed by atoms with E-state index in [1.807, 2.05) is 11.4 Å². The van der Waals surface area contributed by atoms with Crippen molar-refractivity contribution in [2.24, 2.45) is 0 Å². The Kier molecular flexibility index (Phi) is 3.53. The lowest BCUT2D eigenvalue weighted by atomic mass is 10.2. The first kappa shape index (κ1) is 13.1. The third-order valence-corrected chi connectivity index (χ3v) is 5.32. The van der Waals surface area contributed by atoms with Crippen LogP contribution in [0.4, 0.5) is 0 Å². The molecule has 0 saturated carbocycles. The predicted molar refractivity (Wildman–Crippen MR) is 78.3 cm³/mol. The van der Waals surface area contributed by atoms with Gasteiger partial charge in [0.25, 0.3) is 0 Å². The summed E-state index contributed by atoms with van der Waals surface area (Å²) in [6.45, 7) is 1.52. The molecule has 0 N–H and O–H groups in total. The molecule has 4 rings (SSSR count). The van der Waals surface area contributed by atoms with Crippen molar-refractivity contribution in [1.82, 2.24) is 30.2 Å². The minimum absolute atomic E-state index is 0.208. The van der Waals surface area contributed by atoms with Crippen LogP contribution in [0.2, 0.25) is 0 Å². The predicted octanol–water partition coefficient (Wildman–Crippen LogP) is 2.01. The smallest absolute Gasteiger partial charge is 0.215 e. The number of rotatable bonds is 4. The highest BCUT2D eigenvalue weighted by Gasteiger charge is 2.20. The lowest BCUT2D eigenvalue weighted by molar-refractivity contribution is 0.0912.